The van der Waals surface area contributed by atoms with Gasteiger partial charge in [-0.1, -0.05) is 6.92 Å². The van der Waals surface area contributed by atoms with Crippen molar-refractivity contribution in [3.05, 3.63) is 22.9 Å². The summed E-state index contributed by atoms with van der Waals surface area (Å²) in [6, 6.07) is 2.12. The zero-order valence-electron chi connectivity index (χ0n) is 9.28. The lowest BCUT2D eigenvalue weighted by Crippen LogP contribution is -2.33. The van der Waals surface area contributed by atoms with Gasteiger partial charge in [-0.2, -0.15) is 0 Å². The summed E-state index contributed by atoms with van der Waals surface area (Å²) < 4.78 is 1.05. The Kier molecular flexibility index (Phi) is 3.29. The zero-order valence-corrected chi connectivity index (χ0v) is 10.9. The molecule has 1 fully saturated rings. The SMILES string of the molecule is CC1CC(CN(C)c2cncc(Br)c2)C1. The monoisotopic (exact) mass is 268 g/mol. The van der Waals surface area contributed by atoms with E-state index in [9.17, 15) is 0 Å². The van der Waals surface area contributed by atoms with Crippen LogP contribution in [-0.2, 0) is 0 Å². The van der Waals surface area contributed by atoms with E-state index in [1.165, 1.54) is 18.5 Å². The van der Waals surface area contributed by atoms with Crippen LogP contribution in [0.1, 0.15) is 19.8 Å². The predicted molar refractivity (Wildman–Crippen MR) is 67.1 cm³/mol. The van der Waals surface area contributed by atoms with Gasteiger partial charge in [-0.15, -0.1) is 0 Å². The van der Waals surface area contributed by atoms with Gasteiger partial charge in [-0.25, -0.2) is 0 Å². The Bertz CT molecular complexity index is 334. The van der Waals surface area contributed by atoms with Crippen molar-refractivity contribution in [3.63, 3.8) is 0 Å². The first kappa shape index (κ1) is 10.9. The van der Waals surface area contributed by atoms with Crippen LogP contribution in [0.4, 0.5) is 5.69 Å². The van der Waals surface area contributed by atoms with Crippen LogP contribution in [0.2, 0.25) is 0 Å². The summed E-state index contributed by atoms with van der Waals surface area (Å²) in [5, 5.41) is 0. The van der Waals surface area contributed by atoms with E-state index in [1.807, 2.05) is 12.4 Å². The number of nitrogens with zero attached hydrogens (tertiary/aromatic N) is 2. The minimum absolute atomic E-state index is 0.879. The highest BCUT2D eigenvalue weighted by Gasteiger charge is 2.26. The van der Waals surface area contributed by atoms with Gasteiger partial charge in [0.25, 0.3) is 0 Å². The van der Waals surface area contributed by atoms with Gasteiger partial charge >= 0.3 is 0 Å². The summed E-state index contributed by atoms with van der Waals surface area (Å²) in [7, 11) is 2.15. The van der Waals surface area contributed by atoms with Crippen molar-refractivity contribution in [2.45, 2.75) is 19.8 Å². The largest absolute Gasteiger partial charge is 0.373 e. The smallest absolute Gasteiger partial charge is 0.0561 e. The number of aromatic nitrogens is 1. The van der Waals surface area contributed by atoms with Crippen molar-refractivity contribution in [1.82, 2.24) is 4.98 Å². The Morgan fingerprint density at radius 2 is 2.20 bits per heavy atom. The molecule has 1 heterocycles. The summed E-state index contributed by atoms with van der Waals surface area (Å²) in [5.74, 6) is 1.81. The van der Waals surface area contributed by atoms with E-state index >= 15 is 0 Å². The predicted octanol–water partition coefficient (Wildman–Crippen LogP) is 3.33. The van der Waals surface area contributed by atoms with Crippen molar-refractivity contribution in [2.24, 2.45) is 11.8 Å². The van der Waals surface area contributed by atoms with E-state index in [0.29, 0.717) is 0 Å². The number of pyridine rings is 1. The van der Waals surface area contributed by atoms with E-state index in [1.54, 1.807) is 0 Å². The molecule has 0 unspecified atom stereocenters. The lowest BCUT2D eigenvalue weighted by molar-refractivity contribution is 0.218. The molecule has 0 aliphatic heterocycles. The first-order chi connectivity index (χ1) is 7.15. The quantitative estimate of drug-likeness (QED) is 0.836. The first-order valence-corrected chi connectivity index (χ1v) is 6.26. The van der Waals surface area contributed by atoms with Crippen molar-refractivity contribution in [2.75, 3.05) is 18.5 Å². The highest BCUT2D eigenvalue weighted by atomic mass is 79.9. The van der Waals surface area contributed by atoms with Gasteiger partial charge in [-0.3, -0.25) is 4.98 Å². The van der Waals surface area contributed by atoms with Crippen molar-refractivity contribution in [3.8, 4) is 0 Å². The molecule has 1 aromatic rings. The van der Waals surface area contributed by atoms with E-state index in [2.05, 4.69) is 45.9 Å². The van der Waals surface area contributed by atoms with Crippen LogP contribution in [0.3, 0.4) is 0 Å². The van der Waals surface area contributed by atoms with Gasteiger partial charge in [0.2, 0.25) is 0 Å². The highest BCUT2D eigenvalue weighted by Crippen LogP contribution is 2.34. The first-order valence-electron chi connectivity index (χ1n) is 5.47. The molecule has 1 aliphatic rings. The van der Waals surface area contributed by atoms with E-state index < -0.39 is 0 Å². The molecule has 0 bridgehead atoms. The third-order valence-electron chi connectivity index (χ3n) is 3.13. The molecular weight excluding hydrogens is 252 g/mol. The second-order valence-electron chi connectivity index (χ2n) is 4.68. The molecule has 1 aromatic heterocycles. The standard InChI is InChI=1S/C12H17BrN2/c1-9-3-10(4-9)8-15(2)12-5-11(13)6-14-7-12/h5-7,9-10H,3-4,8H2,1-2H3. The summed E-state index contributed by atoms with van der Waals surface area (Å²) in [5.41, 5.74) is 1.20. The number of halogens is 1. The van der Waals surface area contributed by atoms with Gasteiger partial charge < -0.3 is 4.90 Å². The average Bonchev–Trinajstić information content (AvgIpc) is 2.15. The fourth-order valence-electron chi connectivity index (χ4n) is 2.32. The van der Waals surface area contributed by atoms with Gasteiger partial charge in [0.05, 0.1) is 11.9 Å². The molecule has 0 atom stereocenters. The van der Waals surface area contributed by atoms with E-state index in [0.717, 1.165) is 22.9 Å². The molecule has 0 aromatic carbocycles. The van der Waals surface area contributed by atoms with Crippen LogP contribution >= 0.6 is 15.9 Å². The molecule has 0 radical (unpaired) electrons. The van der Waals surface area contributed by atoms with Crippen LogP contribution in [0, 0.1) is 11.8 Å². The molecule has 0 amide bonds. The third-order valence-corrected chi connectivity index (χ3v) is 3.57. The highest BCUT2D eigenvalue weighted by molar-refractivity contribution is 9.10. The van der Waals surface area contributed by atoms with Crippen molar-refractivity contribution in [1.29, 1.82) is 0 Å². The fraction of sp³-hybridized carbons (Fsp3) is 0.583. The maximum Gasteiger partial charge on any atom is 0.0561 e. The van der Waals surface area contributed by atoms with Gasteiger partial charge in [0.15, 0.2) is 0 Å². The molecule has 2 rings (SSSR count). The molecule has 2 nitrogen and oxygen atoms in total. The van der Waals surface area contributed by atoms with Gasteiger partial charge in [-0.05, 0) is 46.7 Å². The summed E-state index contributed by atoms with van der Waals surface area (Å²) in [6.07, 6.45) is 6.51. The van der Waals surface area contributed by atoms with Crippen LogP contribution in [0.5, 0.6) is 0 Å². The minimum Gasteiger partial charge on any atom is -0.373 e. The Balaban J connectivity index is 1.93. The Morgan fingerprint density at radius 1 is 1.47 bits per heavy atom. The minimum atomic E-state index is 0.879. The third kappa shape index (κ3) is 2.71. The van der Waals surface area contributed by atoms with Crippen LogP contribution in [-0.4, -0.2) is 18.6 Å². The number of hydrogen-bond donors (Lipinski definition) is 0. The maximum absolute atomic E-state index is 4.18. The van der Waals surface area contributed by atoms with E-state index in [4.69, 9.17) is 0 Å². The molecule has 1 aliphatic carbocycles. The Labute approximate surface area is 99.8 Å². The fourth-order valence-corrected chi connectivity index (χ4v) is 2.67. The molecule has 3 heteroatoms. The lowest BCUT2D eigenvalue weighted by atomic mass is 9.76. The van der Waals surface area contributed by atoms with Gasteiger partial charge in [0.1, 0.15) is 0 Å². The summed E-state index contributed by atoms with van der Waals surface area (Å²) in [4.78, 5) is 6.48. The second kappa shape index (κ2) is 4.52. The molecular formula is C12H17BrN2. The van der Waals surface area contributed by atoms with Crippen molar-refractivity contribution >= 4 is 21.6 Å². The van der Waals surface area contributed by atoms with Crippen LogP contribution in [0.25, 0.3) is 0 Å². The molecule has 0 spiro atoms. The average molecular weight is 269 g/mol. The summed E-state index contributed by atoms with van der Waals surface area (Å²) >= 11 is 3.45. The van der Waals surface area contributed by atoms with Crippen LogP contribution in [0.15, 0.2) is 22.9 Å². The molecule has 82 valence electrons. The Hall–Kier alpha value is -0.570. The van der Waals surface area contributed by atoms with Crippen molar-refractivity contribution < 1.29 is 0 Å². The molecule has 0 N–H and O–H groups in total. The molecule has 0 saturated heterocycles. The van der Waals surface area contributed by atoms with Crippen LogP contribution < -0.4 is 4.90 Å². The topological polar surface area (TPSA) is 16.1 Å². The molecule has 1 saturated carbocycles. The maximum atomic E-state index is 4.18. The number of anilines is 1. The lowest BCUT2D eigenvalue weighted by Gasteiger charge is -2.36. The molecule has 15 heavy (non-hydrogen) atoms. The van der Waals surface area contributed by atoms with E-state index in [-0.39, 0.29) is 0 Å². The van der Waals surface area contributed by atoms with Gasteiger partial charge in [0, 0.05) is 24.3 Å². The summed E-state index contributed by atoms with van der Waals surface area (Å²) in [6.45, 7) is 3.49. The zero-order chi connectivity index (χ0) is 10.8. The normalized spacial score (nSPS) is 24.7. The Morgan fingerprint density at radius 3 is 2.80 bits per heavy atom. The second-order valence-corrected chi connectivity index (χ2v) is 5.60. The number of rotatable bonds is 3. The number of hydrogen-bond acceptors (Lipinski definition) is 2.